The van der Waals surface area contributed by atoms with E-state index >= 15 is 0 Å². The van der Waals surface area contributed by atoms with Gasteiger partial charge in [-0.2, -0.15) is 5.10 Å². The minimum atomic E-state index is -0.901. The van der Waals surface area contributed by atoms with Crippen molar-refractivity contribution in [3.63, 3.8) is 0 Å². The number of piperidine rings is 1. The smallest absolute Gasteiger partial charge is 0.138 e. The second-order valence-corrected chi connectivity index (χ2v) is 9.44. The van der Waals surface area contributed by atoms with Gasteiger partial charge in [0.15, 0.2) is 0 Å². The standard InChI is InChI=1S/C26H32ClN3O3/c1-20-7-8-24(27)25(13-20)33-19-26(31)9-4-10-29(18-26)17-22-5-3-6-23(14-22)32-12-11-30-16-21(2)15-28-30/h3,5-8,13-16,31H,4,9-12,17-19H2,1-2H3/t26-/m1/s1. The number of aliphatic hydroxyl groups is 1. The number of ether oxygens (including phenoxy) is 2. The number of hydrogen-bond donors (Lipinski definition) is 1. The average molecular weight is 470 g/mol. The highest BCUT2D eigenvalue weighted by Crippen LogP contribution is 2.29. The maximum atomic E-state index is 11.2. The molecule has 1 aliphatic heterocycles. The van der Waals surface area contributed by atoms with E-state index in [0.29, 0.717) is 36.9 Å². The lowest BCUT2D eigenvalue weighted by molar-refractivity contribution is -0.0621. The molecule has 0 radical (unpaired) electrons. The van der Waals surface area contributed by atoms with E-state index in [9.17, 15) is 5.11 Å². The summed E-state index contributed by atoms with van der Waals surface area (Å²) < 4.78 is 13.8. The molecule has 1 aliphatic rings. The van der Waals surface area contributed by atoms with Crippen LogP contribution in [0.25, 0.3) is 0 Å². The van der Waals surface area contributed by atoms with Crippen molar-refractivity contribution in [1.29, 1.82) is 0 Å². The highest BCUT2D eigenvalue weighted by atomic mass is 35.5. The van der Waals surface area contributed by atoms with Crippen LogP contribution in [-0.4, -0.2) is 51.7 Å². The van der Waals surface area contributed by atoms with Crippen molar-refractivity contribution in [1.82, 2.24) is 14.7 Å². The van der Waals surface area contributed by atoms with Crippen molar-refractivity contribution < 1.29 is 14.6 Å². The SMILES string of the molecule is Cc1ccc(Cl)c(OC[C@@]2(O)CCCN(Cc3cccc(OCCn4cc(C)cn4)c3)C2)c1. The molecule has 0 unspecified atom stereocenters. The summed E-state index contributed by atoms with van der Waals surface area (Å²) in [5.74, 6) is 1.47. The molecule has 0 amide bonds. The van der Waals surface area contributed by atoms with Gasteiger partial charge in [0.25, 0.3) is 0 Å². The van der Waals surface area contributed by atoms with Gasteiger partial charge in [0, 0.05) is 19.3 Å². The fraction of sp³-hybridized carbons (Fsp3) is 0.423. The van der Waals surface area contributed by atoms with Crippen LogP contribution in [0.2, 0.25) is 5.02 Å². The normalized spacial score (nSPS) is 18.9. The molecule has 3 aromatic rings. The first-order valence-electron chi connectivity index (χ1n) is 11.4. The molecule has 33 heavy (non-hydrogen) atoms. The first-order valence-corrected chi connectivity index (χ1v) is 11.8. The van der Waals surface area contributed by atoms with Crippen molar-refractivity contribution in [2.24, 2.45) is 0 Å². The Labute approximate surface area is 200 Å². The number of nitrogens with zero attached hydrogens (tertiary/aromatic N) is 3. The van der Waals surface area contributed by atoms with Crippen molar-refractivity contribution in [2.75, 3.05) is 26.3 Å². The molecule has 7 heteroatoms. The van der Waals surface area contributed by atoms with E-state index in [4.69, 9.17) is 21.1 Å². The Morgan fingerprint density at radius 2 is 2.00 bits per heavy atom. The van der Waals surface area contributed by atoms with Crippen molar-refractivity contribution in [2.45, 2.75) is 45.4 Å². The summed E-state index contributed by atoms with van der Waals surface area (Å²) in [7, 11) is 0. The predicted octanol–water partition coefficient (Wildman–Crippen LogP) is 4.64. The molecule has 6 nitrogen and oxygen atoms in total. The summed E-state index contributed by atoms with van der Waals surface area (Å²) in [5.41, 5.74) is 2.48. The fourth-order valence-electron chi connectivity index (χ4n) is 4.23. The van der Waals surface area contributed by atoms with E-state index in [1.165, 1.54) is 0 Å². The third-order valence-electron chi connectivity index (χ3n) is 5.87. The molecule has 1 fully saturated rings. The van der Waals surface area contributed by atoms with Crippen LogP contribution < -0.4 is 9.47 Å². The first-order chi connectivity index (χ1) is 15.9. The molecule has 1 N–H and O–H groups in total. The van der Waals surface area contributed by atoms with Crippen LogP contribution in [-0.2, 0) is 13.1 Å². The Morgan fingerprint density at radius 3 is 2.82 bits per heavy atom. The Kier molecular flexibility index (Phi) is 7.58. The maximum Gasteiger partial charge on any atom is 0.138 e. The Morgan fingerprint density at radius 1 is 1.12 bits per heavy atom. The van der Waals surface area contributed by atoms with E-state index in [-0.39, 0.29) is 6.61 Å². The van der Waals surface area contributed by atoms with Gasteiger partial charge in [0.2, 0.25) is 0 Å². The Balaban J connectivity index is 1.30. The molecular weight excluding hydrogens is 438 g/mol. The Hall–Kier alpha value is -2.54. The van der Waals surface area contributed by atoms with Crippen LogP contribution in [0.4, 0.5) is 0 Å². The number of benzene rings is 2. The lowest BCUT2D eigenvalue weighted by Gasteiger charge is -2.39. The second kappa shape index (κ2) is 10.6. The zero-order valence-electron chi connectivity index (χ0n) is 19.3. The molecule has 1 saturated heterocycles. The molecule has 1 atom stereocenters. The molecule has 2 aromatic carbocycles. The van der Waals surface area contributed by atoms with Crippen LogP contribution in [0.1, 0.15) is 29.5 Å². The number of aryl methyl sites for hydroxylation is 2. The highest BCUT2D eigenvalue weighted by Gasteiger charge is 2.34. The summed E-state index contributed by atoms with van der Waals surface area (Å²) >= 11 is 6.25. The van der Waals surface area contributed by atoms with E-state index in [0.717, 1.165) is 42.0 Å². The van der Waals surface area contributed by atoms with E-state index < -0.39 is 5.60 Å². The van der Waals surface area contributed by atoms with Gasteiger partial charge in [-0.25, -0.2) is 0 Å². The molecular formula is C26H32ClN3O3. The van der Waals surface area contributed by atoms with Crippen molar-refractivity contribution >= 4 is 11.6 Å². The van der Waals surface area contributed by atoms with Gasteiger partial charge >= 0.3 is 0 Å². The molecule has 0 spiro atoms. The quantitative estimate of drug-likeness (QED) is 0.494. The monoisotopic (exact) mass is 469 g/mol. The molecule has 0 aliphatic carbocycles. The van der Waals surface area contributed by atoms with Gasteiger partial charge in [-0.15, -0.1) is 0 Å². The summed E-state index contributed by atoms with van der Waals surface area (Å²) in [6.07, 6.45) is 5.48. The number of aromatic nitrogens is 2. The van der Waals surface area contributed by atoms with E-state index in [1.54, 1.807) is 0 Å². The largest absolute Gasteiger partial charge is 0.492 e. The zero-order chi connectivity index (χ0) is 23.3. The summed E-state index contributed by atoms with van der Waals surface area (Å²) in [4.78, 5) is 2.27. The number of halogens is 1. The first kappa shape index (κ1) is 23.6. The second-order valence-electron chi connectivity index (χ2n) is 9.04. The zero-order valence-corrected chi connectivity index (χ0v) is 20.1. The van der Waals surface area contributed by atoms with Crippen LogP contribution in [0.15, 0.2) is 54.9 Å². The summed E-state index contributed by atoms with van der Waals surface area (Å²) in [6, 6.07) is 13.8. The molecule has 1 aromatic heterocycles. The summed E-state index contributed by atoms with van der Waals surface area (Å²) in [5, 5.41) is 16.0. The molecule has 0 bridgehead atoms. The van der Waals surface area contributed by atoms with Gasteiger partial charge in [0.1, 0.15) is 30.3 Å². The van der Waals surface area contributed by atoms with Crippen molar-refractivity contribution in [3.05, 3.63) is 76.6 Å². The van der Waals surface area contributed by atoms with Gasteiger partial charge in [-0.3, -0.25) is 9.58 Å². The molecule has 2 heterocycles. The maximum absolute atomic E-state index is 11.2. The average Bonchev–Trinajstić information content (AvgIpc) is 3.20. The number of likely N-dealkylation sites (tertiary alicyclic amines) is 1. The van der Waals surface area contributed by atoms with E-state index in [2.05, 4.69) is 22.1 Å². The van der Waals surface area contributed by atoms with Gasteiger partial charge in [0.05, 0.1) is 17.8 Å². The predicted molar refractivity (Wildman–Crippen MR) is 130 cm³/mol. The minimum absolute atomic E-state index is 0.225. The van der Waals surface area contributed by atoms with Crippen LogP contribution in [0.3, 0.4) is 0 Å². The number of rotatable bonds is 9. The van der Waals surface area contributed by atoms with Crippen LogP contribution in [0, 0.1) is 13.8 Å². The molecule has 0 saturated carbocycles. The van der Waals surface area contributed by atoms with Gasteiger partial charge in [-0.1, -0.05) is 29.8 Å². The van der Waals surface area contributed by atoms with Crippen molar-refractivity contribution in [3.8, 4) is 11.5 Å². The van der Waals surface area contributed by atoms with E-state index in [1.807, 2.05) is 61.3 Å². The number of β-amino-alcohol motifs (C(OH)–C–C–N with tert-alkyl or cyclic N) is 1. The highest BCUT2D eigenvalue weighted by molar-refractivity contribution is 6.32. The van der Waals surface area contributed by atoms with Gasteiger partial charge < -0.3 is 14.6 Å². The Bertz CT molecular complexity index is 1070. The van der Waals surface area contributed by atoms with Gasteiger partial charge in [-0.05, 0) is 74.2 Å². The minimum Gasteiger partial charge on any atom is -0.492 e. The van der Waals surface area contributed by atoms with Crippen LogP contribution in [0.5, 0.6) is 11.5 Å². The summed E-state index contributed by atoms with van der Waals surface area (Å²) in [6.45, 7) is 7.77. The third kappa shape index (κ3) is 6.73. The topological polar surface area (TPSA) is 59.8 Å². The lowest BCUT2D eigenvalue weighted by atomic mass is 9.93. The molecule has 176 valence electrons. The lowest BCUT2D eigenvalue weighted by Crippen LogP contribution is -2.51. The fourth-order valence-corrected chi connectivity index (χ4v) is 4.40. The molecule has 4 rings (SSSR count). The third-order valence-corrected chi connectivity index (χ3v) is 6.19. The number of hydrogen-bond acceptors (Lipinski definition) is 5. The van der Waals surface area contributed by atoms with Crippen LogP contribution >= 0.6 is 11.6 Å².